The Hall–Kier alpha value is -1.10. The van der Waals surface area contributed by atoms with Crippen LogP contribution in [0.15, 0.2) is 24.3 Å². The van der Waals surface area contributed by atoms with Crippen molar-refractivity contribution < 1.29 is 4.74 Å². The van der Waals surface area contributed by atoms with Gasteiger partial charge in [0.15, 0.2) is 0 Å². The first-order valence-corrected chi connectivity index (χ1v) is 8.09. The van der Waals surface area contributed by atoms with Crippen LogP contribution in [0, 0.1) is 0 Å². The molecule has 0 aliphatic carbocycles. The van der Waals surface area contributed by atoms with Gasteiger partial charge >= 0.3 is 0 Å². The molecule has 0 aromatic heterocycles. The lowest BCUT2D eigenvalue weighted by molar-refractivity contribution is 0.249. The Kier molecular flexibility index (Phi) is 7.00. The molecule has 21 heavy (non-hydrogen) atoms. The van der Waals surface area contributed by atoms with Crippen LogP contribution in [0.4, 0.5) is 0 Å². The lowest BCUT2D eigenvalue weighted by Crippen LogP contribution is -2.31. The lowest BCUT2D eigenvalue weighted by atomic mass is 10.2. The van der Waals surface area contributed by atoms with Gasteiger partial charge in [-0.25, -0.2) is 0 Å². The standard InChI is InChI=1S/C17H29N3O/c1-21-17-7-5-16(6-8-17)15-20-12-4-11-19(13-14-20)10-3-2-9-18/h5-8H,2-4,9-15,18H2,1H3. The summed E-state index contributed by atoms with van der Waals surface area (Å²) in [6.45, 7) is 7.82. The molecule has 1 fully saturated rings. The molecule has 2 rings (SSSR count). The van der Waals surface area contributed by atoms with Crippen LogP contribution in [-0.2, 0) is 6.54 Å². The van der Waals surface area contributed by atoms with Crippen LogP contribution in [-0.4, -0.2) is 56.2 Å². The van der Waals surface area contributed by atoms with E-state index in [4.69, 9.17) is 10.5 Å². The fourth-order valence-electron chi connectivity index (χ4n) is 2.87. The van der Waals surface area contributed by atoms with E-state index in [9.17, 15) is 0 Å². The van der Waals surface area contributed by atoms with Crippen molar-refractivity contribution in [2.75, 3.05) is 46.4 Å². The van der Waals surface area contributed by atoms with Gasteiger partial charge in [0.25, 0.3) is 0 Å². The van der Waals surface area contributed by atoms with Gasteiger partial charge in [-0.1, -0.05) is 12.1 Å². The molecule has 1 saturated heterocycles. The summed E-state index contributed by atoms with van der Waals surface area (Å²) < 4.78 is 5.21. The van der Waals surface area contributed by atoms with E-state index in [0.29, 0.717) is 0 Å². The Morgan fingerprint density at radius 1 is 1.00 bits per heavy atom. The van der Waals surface area contributed by atoms with E-state index in [0.717, 1.165) is 31.8 Å². The fourth-order valence-corrected chi connectivity index (χ4v) is 2.87. The third-order valence-electron chi connectivity index (χ3n) is 4.17. The normalized spacial score (nSPS) is 17.6. The molecule has 1 aromatic rings. The van der Waals surface area contributed by atoms with Crippen molar-refractivity contribution in [3.8, 4) is 5.75 Å². The molecule has 2 N–H and O–H groups in total. The van der Waals surface area contributed by atoms with Gasteiger partial charge in [0.1, 0.15) is 5.75 Å². The number of methoxy groups -OCH3 is 1. The fraction of sp³-hybridized carbons (Fsp3) is 0.647. The Bertz CT molecular complexity index is 394. The molecule has 118 valence electrons. The molecule has 1 aliphatic heterocycles. The number of hydrogen-bond donors (Lipinski definition) is 1. The number of nitrogens with zero attached hydrogens (tertiary/aromatic N) is 2. The summed E-state index contributed by atoms with van der Waals surface area (Å²) in [5, 5.41) is 0. The van der Waals surface area contributed by atoms with E-state index < -0.39 is 0 Å². The number of rotatable bonds is 7. The zero-order valence-corrected chi connectivity index (χ0v) is 13.3. The van der Waals surface area contributed by atoms with Crippen LogP contribution in [0.3, 0.4) is 0 Å². The highest BCUT2D eigenvalue weighted by molar-refractivity contribution is 5.27. The average Bonchev–Trinajstić information content (AvgIpc) is 2.74. The molecule has 0 unspecified atom stereocenters. The van der Waals surface area contributed by atoms with Crippen molar-refractivity contribution in [2.45, 2.75) is 25.8 Å². The molecule has 0 amide bonds. The second-order valence-corrected chi connectivity index (χ2v) is 5.82. The molecule has 0 radical (unpaired) electrons. The van der Waals surface area contributed by atoms with Crippen molar-refractivity contribution in [1.82, 2.24) is 9.80 Å². The minimum absolute atomic E-state index is 0.817. The van der Waals surface area contributed by atoms with E-state index >= 15 is 0 Å². The predicted molar refractivity (Wildman–Crippen MR) is 87.6 cm³/mol. The monoisotopic (exact) mass is 291 g/mol. The van der Waals surface area contributed by atoms with E-state index in [1.807, 2.05) is 12.1 Å². The molecule has 0 saturated carbocycles. The molecule has 1 heterocycles. The second-order valence-electron chi connectivity index (χ2n) is 5.82. The van der Waals surface area contributed by atoms with Crippen molar-refractivity contribution >= 4 is 0 Å². The van der Waals surface area contributed by atoms with Crippen LogP contribution >= 0.6 is 0 Å². The van der Waals surface area contributed by atoms with Crippen molar-refractivity contribution in [3.63, 3.8) is 0 Å². The molecular weight excluding hydrogens is 262 g/mol. The summed E-state index contributed by atoms with van der Waals surface area (Å²) >= 11 is 0. The number of benzene rings is 1. The Morgan fingerprint density at radius 3 is 2.43 bits per heavy atom. The van der Waals surface area contributed by atoms with Gasteiger partial charge in [-0.15, -0.1) is 0 Å². The van der Waals surface area contributed by atoms with Crippen LogP contribution in [0.25, 0.3) is 0 Å². The minimum Gasteiger partial charge on any atom is -0.497 e. The van der Waals surface area contributed by atoms with Gasteiger partial charge in [-0.3, -0.25) is 4.90 Å². The Labute approximate surface area is 128 Å². The first kappa shape index (κ1) is 16.3. The maximum Gasteiger partial charge on any atom is 0.118 e. The number of hydrogen-bond acceptors (Lipinski definition) is 4. The third-order valence-corrected chi connectivity index (χ3v) is 4.17. The van der Waals surface area contributed by atoms with E-state index in [2.05, 4.69) is 21.9 Å². The number of nitrogens with two attached hydrogens (primary N) is 1. The number of ether oxygens (including phenoxy) is 1. The first-order valence-electron chi connectivity index (χ1n) is 8.09. The van der Waals surface area contributed by atoms with Gasteiger partial charge in [0.05, 0.1) is 7.11 Å². The third kappa shape index (κ3) is 5.65. The molecule has 0 spiro atoms. The van der Waals surface area contributed by atoms with E-state index in [-0.39, 0.29) is 0 Å². The van der Waals surface area contributed by atoms with Crippen LogP contribution in [0.5, 0.6) is 5.75 Å². The number of unbranched alkanes of at least 4 members (excludes halogenated alkanes) is 1. The highest BCUT2D eigenvalue weighted by atomic mass is 16.5. The summed E-state index contributed by atoms with van der Waals surface area (Å²) in [4.78, 5) is 5.15. The second kappa shape index (κ2) is 9.03. The van der Waals surface area contributed by atoms with Crippen LogP contribution < -0.4 is 10.5 Å². The van der Waals surface area contributed by atoms with E-state index in [1.165, 1.54) is 44.6 Å². The molecule has 0 bridgehead atoms. The smallest absolute Gasteiger partial charge is 0.118 e. The predicted octanol–water partition coefficient (Wildman–Crippen LogP) is 1.94. The zero-order chi connectivity index (χ0) is 14.9. The Balaban J connectivity index is 1.76. The highest BCUT2D eigenvalue weighted by Gasteiger charge is 2.14. The molecule has 4 nitrogen and oxygen atoms in total. The van der Waals surface area contributed by atoms with Gasteiger partial charge in [-0.2, -0.15) is 0 Å². The quantitative estimate of drug-likeness (QED) is 0.780. The SMILES string of the molecule is COc1ccc(CN2CCCN(CCCCN)CC2)cc1. The Morgan fingerprint density at radius 2 is 1.71 bits per heavy atom. The largest absolute Gasteiger partial charge is 0.497 e. The van der Waals surface area contributed by atoms with E-state index in [1.54, 1.807) is 7.11 Å². The lowest BCUT2D eigenvalue weighted by Gasteiger charge is -2.21. The van der Waals surface area contributed by atoms with Gasteiger partial charge < -0.3 is 15.4 Å². The first-order chi connectivity index (χ1) is 10.3. The highest BCUT2D eigenvalue weighted by Crippen LogP contribution is 2.14. The van der Waals surface area contributed by atoms with Gasteiger partial charge in [0.2, 0.25) is 0 Å². The minimum atomic E-state index is 0.817. The molecule has 1 aromatic carbocycles. The van der Waals surface area contributed by atoms with Crippen LogP contribution in [0.1, 0.15) is 24.8 Å². The zero-order valence-electron chi connectivity index (χ0n) is 13.3. The maximum absolute atomic E-state index is 5.57. The molecule has 0 atom stereocenters. The molecule has 4 heteroatoms. The van der Waals surface area contributed by atoms with Crippen molar-refractivity contribution in [3.05, 3.63) is 29.8 Å². The summed E-state index contributed by atoms with van der Waals surface area (Å²) in [6.07, 6.45) is 3.64. The molecule has 1 aliphatic rings. The van der Waals surface area contributed by atoms with Crippen molar-refractivity contribution in [2.24, 2.45) is 5.73 Å². The maximum atomic E-state index is 5.57. The summed E-state index contributed by atoms with van der Waals surface area (Å²) in [5.74, 6) is 0.931. The van der Waals surface area contributed by atoms with Gasteiger partial charge in [0, 0.05) is 19.6 Å². The van der Waals surface area contributed by atoms with Gasteiger partial charge in [-0.05, 0) is 63.1 Å². The summed E-state index contributed by atoms with van der Waals surface area (Å²) in [5.41, 5.74) is 6.94. The average molecular weight is 291 g/mol. The topological polar surface area (TPSA) is 41.7 Å². The summed E-state index contributed by atoms with van der Waals surface area (Å²) in [7, 11) is 1.71. The van der Waals surface area contributed by atoms with Crippen LogP contribution in [0.2, 0.25) is 0 Å². The van der Waals surface area contributed by atoms with Crippen molar-refractivity contribution in [1.29, 1.82) is 0 Å². The summed E-state index contributed by atoms with van der Waals surface area (Å²) in [6, 6.07) is 8.43. The molecular formula is C17H29N3O.